The molecular weight excluding hydrogens is 497 g/mol. The van der Waals surface area contributed by atoms with Crippen LogP contribution in [0.3, 0.4) is 0 Å². The number of aromatic nitrogens is 1. The van der Waals surface area contributed by atoms with Crippen LogP contribution in [0.2, 0.25) is 0 Å². The number of furan rings is 1. The highest BCUT2D eigenvalue weighted by atomic mass is 32.2. The summed E-state index contributed by atoms with van der Waals surface area (Å²) in [6.45, 7) is 2.09. The summed E-state index contributed by atoms with van der Waals surface area (Å²) in [6, 6.07) is 14.9. The standard InChI is InChI=1S/C27H28FN3O5S/c1-4-18-16-22-23(26(32)29-2)24(19-10-12-20(28)13-11-19)36-27(22)30-25(18)31(37(33)34)14-6-8-17-7-5-9-21(15-17)35-3/h5,7,9-13,15-16H,4,6,8,14H2,1-3H3,(H,29,32)(H,33,34)/p-1. The Morgan fingerprint density at radius 1 is 1.22 bits per heavy atom. The summed E-state index contributed by atoms with van der Waals surface area (Å²) in [5.41, 5.74) is 2.55. The summed E-state index contributed by atoms with van der Waals surface area (Å²) in [6.07, 6.45) is 1.67. The Morgan fingerprint density at radius 2 is 1.97 bits per heavy atom. The lowest BCUT2D eigenvalue weighted by atomic mass is 10.0. The van der Waals surface area contributed by atoms with Gasteiger partial charge in [0, 0.05) is 30.4 Å². The largest absolute Gasteiger partial charge is 0.755 e. The number of nitrogens with zero attached hydrogens (tertiary/aromatic N) is 2. The summed E-state index contributed by atoms with van der Waals surface area (Å²) >= 11 is -2.59. The van der Waals surface area contributed by atoms with Crippen LogP contribution in [0.25, 0.3) is 22.4 Å². The molecule has 8 nitrogen and oxygen atoms in total. The van der Waals surface area contributed by atoms with Gasteiger partial charge in [-0.25, -0.2) is 4.39 Å². The van der Waals surface area contributed by atoms with E-state index in [1.54, 1.807) is 13.2 Å². The van der Waals surface area contributed by atoms with Crippen LogP contribution < -0.4 is 14.4 Å². The molecule has 4 rings (SSSR count). The van der Waals surface area contributed by atoms with Crippen LogP contribution in [-0.2, 0) is 24.1 Å². The molecule has 37 heavy (non-hydrogen) atoms. The third-order valence-electron chi connectivity index (χ3n) is 6.06. The van der Waals surface area contributed by atoms with E-state index < -0.39 is 23.0 Å². The molecule has 1 amide bonds. The molecule has 2 aromatic heterocycles. The number of carbonyl (C=O) groups excluding carboxylic acids is 1. The molecule has 4 aromatic rings. The van der Waals surface area contributed by atoms with Gasteiger partial charge in [0.05, 0.1) is 18.1 Å². The van der Waals surface area contributed by atoms with E-state index in [1.807, 2.05) is 31.2 Å². The zero-order valence-electron chi connectivity index (χ0n) is 20.7. The SMILES string of the molecule is CCc1cc2c(C(=O)NC)c(-c3ccc(F)cc3)oc2nc1N(CCCc1cccc(OC)c1)S(=O)[O-]. The van der Waals surface area contributed by atoms with E-state index >= 15 is 0 Å². The molecule has 10 heteroatoms. The van der Waals surface area contributed by atoms with Crippen molar-refractivity contribution >= 4 is 34.1 Å². The maximum absolute atomic E-state index is 13.5. The summed E-state index contributed by atoms with van der Waals surface area (Å²) in [5, 5.41) is 3.06. The second-order valence-electron chi connectivity index (χ2n) is 8.34. The van der Waals surface area contributed by atoms with Crippen molar-refractivity contribution in [2.45, 2.75) is 26.2 Å². The van der Waals surface area contributed by atoms with Crippen molar-refractivity contribution in [1.29, 1.82) is 0 Å². The molecule has 0 saturated heterocycles. The van der Waals surface area contributed by atoms with Gasteiger partial charge >= 0.3 is 0 Å². The molecule has 0 saturated carbocycles. The lowest BCUT2D eigenvalue weighted by Crippen LogP contribution is -2.29. The van der Waals surface area contributed by atoms with Gasteiger partial charge in [-0.15, -0.1) is 0 Å². The number of pyridine rings is 1. The fourth-order valence-electron chi connectivity index (χ4n) is 4.19. The first-order valence-electron chi connectivity index (χ1n) is 11.8. The van der Waals surface area contributed by atoms with Gasteiger partial charge in [-0.2, -0.15) is 4.98 Å². The van der Waals surface area contributed by atoms with Crippen LogP contribution in [0.15, 0.2) is 59.0 Å². The van der Waals surface area contributed by atoms with Crippen LogP contribution in [0, 0.1) is 5.82 Å². The number of methoxy groups -OCH3 is 1. The number of amides is 1. The van der Waals surface area contributed by atoms with E-state index in [1.165, 1.54) is 35.6 Å². The smallest absolute Gasteiger partial charge is 0.255 e. The number of rotatable bonds is 10. The van der Waals surface area contributed by atoms with E-state index in [0.717, 1.165) is 11.3 Å². The monoisotopic (exact) mass is 524 g/mol. The number of nitrogens with one attached hydrogen (secondary N) is 1. The Labute approximate surface area is 216 Å². The van der Waals surface area contributed by atoms with Gasteiger partial charge in [-0.3, -0.25) is 13.3 Å². The minimum atomic E-state index is -2.59. The minimum Gasteiger partial charge on any atom is -0.755 e. The molecule has 0 bridgehead atoms. The van der Waals surface area contributed by atoms with Gasteiger partial charge in [-0.1, -0.05) is 19.1 Å². The topological polar surface area (TPSA) is 108 Å². The number of benzene rings is 2. The van der Waals surface area contributed by atoms with Gasteiger partial charge in [0.2, 0.25) is 5.71 Å². The van der Waals surface area contributed by atoms with Crippen molar-refractivity contribution in [3.63, 3.8) is 0 Å². The Balaban J connectivity index is 1.72. The lowest BCUT2D eigenvalue weighted by molar-refractivity contribution is 0.0964. The van der Waals surface area contributed by atoms with Crippen molar-refractivity contribution in [3.05, 3.63) is 77.1 Å². The summed E-state index contributed by atoms with van der Waals surface area (Å²) in [7, 11) is 3.10. The first kappa shape index (κ1) is 26.3. The minimum absolute atomic E-state index is 0.119. The van der Waals surface area contributed by atoms with Crippen LogP contribution in [0.5, 0.6) is 5.75 Å². The van der Waals surface area contributed by atoms with Crippen LogP contribution in [0.4, 0.5) is 10.2 Å². The molecule has 0 aliphatic heterocycles. The quantitative estimate of drug-likeness (QED) is 0.299. The van der Waals surface area contributed by atoms with Crippen LogP contribution >= 0.6 is 0 Å². The molecule has 0 aliphatic rings. The molecule has 1 atom stereocenters. The van der Waals surface area contributed by atoms with Gasteiger partial charge in [0.1, 0.15) is 23.1 Å². The number of carbonyl (C=O) groups is 1. The van der Waals surface area contributed by atoms with Gasteiger partial charge in [-0.05, 0) is 72.9 Å². The summed E-state index contributed by atoms with van der Waals surface area (Å²) in [5.74, 6) is 0.407. The van der Waals surface area contributed by atoms with Crippen molar-refractivity contribution in [2.24, 2.45) is 0 Å². The molecule has 0 spiro atoms. The molecule has 2 heterocycles. The highest BCUT2D eigenvalue weighted by Crippen LogP contribution is 2.36. The lowest BCUT2D eigenvalue weighted by Gasteiger charge is -2.27. The van der Waals surface area contributed by atoms with E-state index in [9.17, 15) is 17.9 Å². The Hall–Kier alpha value is -3.76. The summed E-state index contributed by atoms with van der Waals surface area (Å²) in [4.78, 5) is 17.4. The second-order valence-corrected chi connectivity index (χ2v) is 9.22. The second kappa shape index (κ2) is 11.5. The molecule has 194 valence electrons. The Kier molecular flexibility index (Phi) is 8.20. The van der Waals surface area contributed by atoms with E-state index in [2.05, 4.69) is 10.3 Å². The number of hydrogen-bond acceptors (Lipinski definition) is 6. The average Bonchev–Trinajstić information content (AvgIpc) is 3.28. The van der Waals surface area contributed by atoms with Gasteiger partial charge in [0.15, 0.2) is 0 Å². The fraction of sp³-hybridized carbons (Fsp3) is 0.259. The maximum atomic E-state index is 13.5. The summed E-state index contributed by atoms with van der Waals surface area (Å²) < 4.78 is 50.5. The third kappa shape index (κ3) is 5.65. The number of halogens is 1. The van der Waals surface area contributed by atoms with Crippen molar-refractivity contribution in [3.8, 4) is 17.1 Å². The third-order valence-corrected chi connectivity index (χ3v) is 6.77. The number of hydrogen-bond donors (Lipinski definition) is 1. The number of ether oxygens (including phenoxy) is 1. The molecule has 0 aliphatic carbocycles. The van der Waals surface area contributed by atoms with Crippen LogP contribution in [-0.4, -0.2) is 40.4 Å². The zero-order chi connectivity index (χ0) is 26.5. The van der Waals surface area contributed by atoms with Crippen molar-refractivity contribution in [2.75, 3.05) is 25.0 Å². The number of aryl methyl sites for hydroxylation is 2. The van der Waals surface area contributed by atoms with Crippen molar-refractivity contribution in [1.82, 2.24) is 10.3 Å². The number of anilines is 1. The zero-order valence-corrected chi connectivity index (χ0v) is 21.6. The van der Waals surface area contributed by atoms with E-state index in [4.69, 9.17) is 9.15 Å². The Bertz CT molecular complexity index is 1440. The van der Waals surface area contributed by atoms with Crippen LogP contribution in [0.1, 0.15) is 34.8 Å². The Morgan fingerprint density at radius 3 is 2.62 bits per heavy atom. The predicted octanol–water partition coefficient (Wildman–Crippen LogP) is 4.80. The maximum Gasteiger partial charge on any atom is 0.255 e. The fourth-order valence-corrected chi connectivity index (χ4v) is 4.77. The highest BCUT2D eigenvalue weighted by molar-refractivity contribution is 7.80. The molecular formula is C27H27FN3O5S-. The van der Waals surface area contributed by atoms with E-state index in [-0.39, 0.29) is 29.4 Å². The molecule has 0 radical (unpaired) electrons. The first-order chi connectivity index (χ1) is 17.9. The average molecular weight is 525 g/mol. The predicted molar refractivity (Wildman–Crippen MR) is 140 cm³/mol. The highest BCUT2D eigenvalue weighted by Gasteiger charge is 2.25. The molecule has 2 aromatic carbocycles. The first-order valence-corrected chi connectivity index (χ1v) is 12.8. The molecule has 0 fully saturated rings. The molecule has 1 unspecified atom stereocenters. The van der Waals surface area contributed by atoms with Gasteiger partial charge < -0.3 is 19.0 Å². The van der Waals surface area contributed by atoms with Crippen molar-refractivity contribution < 1.29 is 27.1 Å². The van der Waals surface area contributed by atoms with E-state index in [0.29, 0.717) is 35.8 Å². The molecule has 1 N–H and O–H groups in total. The number of fused-ring (bicyclic) bond motifs is 1. The van der Waals surface area contributed by atoms with Gasteiger partial charge in [0.25, 0.3) is 5.91 Å². The normalized spacial score (nSPS) is 11.9.